The number of nitro groups is 1. The molecule has 3 aromatic carbocycles. The molecule has 0 unspecified atom stereocenters. The first-order valence-electron chi connectivity index (χ1n) is 7.69. The van der Waals surface area contributed by atoms with E-state index in [1.807, 2.05) is 42.5 Å². The summed E-state index contributed by atoms with van der Waals surface area (Å²) in [5.41, 5.74) is 1.55. The monoisotopic (exact) mass is 335 g/mol. The number of nitro benzene ring substituents is 1. The Morgan fingerprint density at radius 2 is 1.60 bits per heavy atom. The van der Waals surface area contributed by atoms with Gasteiger partial charge in [-0.05, 0) is 34.0 Å². The molecule has 0 radical (unpaired) electrons. The molecule has 126 valence electrons. The summed E-state index contributed by atoms with van der Waals surface area (Å²) >= 11 is 0. The van der Waals surface area contributed by atoms with E-state index in [2.05, 4.69) is 12.1 Å². The number of hydrogen-bond acceptors (Lipinski definition) is 4. The number of hydrogen-bond donors (Lipinski definition) is 0. The quantitative estimate of drug-likeness (QED) is 0.376. The summed E-state index contributed by atoms with van der Waals surface area (Å²) in [6.07, 6.45) is 3.73. The average Bonchev–Trinajstić information content (AvgIpc) is 2.65. The molecule has 0 aliphatic carbocycles. The molecule has 3 aromatic rings. The summed E-state index contributed by atoms with van der Waals surface area (Å²) in [5.74, 6) is 0.449. The van der Waals surface area contributed by atoms with Gasteiger partial charge in [0, 0.05) is 6.07 Å². The van der Waals surface area contributed by atoms with Crippen molar-refractivity contribution >= 4 is 28.6 Å². The molecule has 5 heteroatoms. The van der Waals surface area contributed by atoms with Crippen molar-refractivity contribution in [1.82, 2.24) is 0 Å². The minimum absolute atomic E-state index is 0.121. The third-order valence-corrected chi connectivity index (χ3v) is 3.92. The molecule has 0 amide bonds. The van der Waals surface area contributed by atoms with E-state index in [0.717, 1.165) is 10.9 Å². The van der Waals surface area contributed by atoms with E-state index in [4.69, 9.17) is 9.47 Å². The Bertz CT molecular complexity index is 963. The molecule has 0 saturated heterocycles. The van der Waals surface area contributed by atoms with E-state index >= 15 is 0 Å². The van der Waals surface area contributed by atoms with Crippen LogP contribution in [0.15, 0.2) is 54.6 Å². The fourth-order valence-corrected chi connectivity index (χ4v) is 2.70. The third kappa shape index (κ3) is 3.45. The van der Waals surface area contributed by atoms with Crippen LogP contribution in [0.1, 0.15) is 11.1 Å². The van der Waals surface area contributed by atoms with Crippen molar-refractivity contribution in [2.75, 3.05) is 14.2 Å². The lowest BCUT2D eigenvalue weighted by Gasteiger charge is -2.08. The first kappa shape index (κ1) is 16.5. The largest absolute Gasteiger partial charge is 0.493 e. The Labute approximate surface area is 145 Å². The lowest BCUT2D eigenvalue weighted by atomic mass is 10.1. The van der Waals surface area contributed by atoms with E-state index in [1.54, 1.807) is 6.07 Å². The Kier molecular flexibility index (Phi) is 4.66. The van der Waals surface area contributed by atoms with Gasteiger partial charge in [-0.15, -0.1) is 0 Å². The molecule has 0 fully saturated rings. The van der Waals surface area contributed by atoms with Crippen LogP contribution in [0.2, 0.25) is 0 Å². The van der Waals surface area contributed by atoms with Crippen LogP contribution in [-0.2, 0) is 0 Å². The second-order valence-corrected chi connectivity index (χ2v) is 5.47. The van der Waals surface area contributed by atoms with Gasteiger partial charge in [0.1, 0.15) is 0 Å². The van der Waals surface area contributed by atoms with Gasteiger partial charge in [-0.1, -0.05) is 48.6 Å². The third-order valence-electron chi connectivity index (χ3n) is 3.92. The van der Waals surface area contributed by atoms with Crippen LogP contribution in [-0.4, -0.2) is 19.1 Å². The zero-order valence-corrected chi connectivity index (χ0v) is 13.9. The van der Waals surface area contributed by atoms with Gasteiger partial charge < -0.3 is 9.47 Å². The molecule has 0 saturated carbocycles. The van der Waals surface area contributed by atoms with Crippen molar-refractivity contribution < 1.29 is 14.4 Å². The van der Waals surface area contributed by atoms with E-state index in [0.29, 0.717) is 11.3 Å². The molecule has 0 spiro atoms. The van der Waals surface area contributed by atoms with Crippen LogP contribution in [0.4, 0.5) is 5.69 Å². The highest BCUT2D eigenvalue weighted by atomic mass is 16.6. The van der Waals surface area contributed by atoms with Crippen molar-refractivity contribution in [2.24, 2.45) is 0 Å². The zero-order chi connectivity index (χ0) is 17.8. The number of methoxy groups -OCH3 is 2. The van der Waals surface area contributed by atoms with E-state index in [1.165, 1.54) is 25.7 Å². The predicted octanol–water partition coefficient (Wildman–Crippen LogP) is 4.94. The summed E-state index contributed by atoms with van der Waals surface area (Å²) in [4.78, 5) is 10.8. The molecule has 3 rings (SSSR count). The SMILES string of the molecule is COc1cc(/C=C\c2ccc3ccccc3c2)cc([N+](=O)[O-])c1OC. The first-order valence-corrected chi connectivity index (χ1v) is 7.69. The highest BCUT2D eigenvalue weighted by Gasteiger charge is 2.20. The topological polar surface area (TPSA) is 61.6 Å². The van der Waals surface area contributed by atoms with Crippen molar-refractivity contribution in [2.45, 2.75) is 0 Å². The van der Waals surface area contributed by atoms with Gasteiger partial charge in [-0.3, -0.25) is 10.1 Å². The zero-order valence-electron chi connectivity index (χ0n) is 13.9. The lowest BCUT2D eigenvalue weighted by Crippen LogP contribution is -1.97. The number of ether oxygens (including phenoxy) is 2. The van der Waals surface area contributed by atoms with Gasteiger partial charge in [0.05, 0.1) is 19.1 Å². The molecule has 0 heterocycles. The van der Waals surface area contributed by atoms with Gasteiger partial charge >= 0.3 is 5.69 Å². The first-order chi connectivity index (χ1) is 12.1. The van der Waals surface area contributed by atoms with Crippen molar-refractivity contribution in [3.05, 3.63) is 75.8 Å². The van der Waals surface area contributed by atoms with Gasteiger partial charge in [-0.2, -0.15) is 0 Å². The summed E-state index contributed by atoms with van der Waals surface area (Å²) in [7, 11) is 2.84. The Hall–Kier alpha value is -3.34. The van der Waals surface area contributed by atoms with Gasteiger partial charge in [0.25, 0.3) is 0 Å². The van der Waals surface area contributed by atoms with Crippen LogP contribution in [0, 0.1) is 10.1 Å². The van der Waals surface area contributed by atoms with Crippen molar-refractivity contribution in [3.63, 3.8) is 0 Å². The maximum absolute atomic E-state index is 11.3. The highest BCUT2D eigenvalue weighted by molar-refractivity contribution is 5.86. The summed E-state index contributed by atoms with van der Waals surface area (Å²) in [5, 5.41) is 13.6. The number of fused-ring (bicyclic) bond motifs is 1. The fraction of sp³-hybridized carbons (Fsp3) is 0.100. The Balaban J connectivity index is 1.99. The van der Waals surface area contributed by atoms with Gasteiger partial charge in [0.2, 0.25) is 5.75 Å². The minimum atomic E-state index is -0.477. The average molecular weight is 335 g/mol. The maximum Gasteiger partial charge on any atom is 0.315 e. The second kappa shape index (κ2) is 7.05. The Morgan fingerprint density at radius 1 is 0.880 bits per heavy atom. The van der Waals surface area contributed by atoms with Crippen LogP contribution < -0.4 is 9.47 Å². The van der Waals surface area contributed by atoms with Crippen LogP contribution in [0.25, 0.3) is 22.9 Å². The molecule has 0 atom stereocenters. The van der Waals surface area contributed by atoms with Crippen LogP contribution >= 0.6 is 0 Å². The number of benzene rings is 3. The normalized spacial score (nSPS) is 11.0. The summed E-state index contributed by atoms with van der Waals surface area (Å²) in [6, 6.07) is 17.4. The predicted molar refractivity (Wildman–Crippen MR) is 99.1 cm³/mol. The fourth-order valence-electron chi connectivity index (χ4n) is 2.70. The molecule has 0 aromatic heterocycles. The van der Waals surface area contributed by atoms with E-state index < -0.39 is 4.92 Å². The number of rotatable bonds is 5. The minimum Gasteiger partial charge on any atom is -0.493 e. The smallest absolute Gasteiger partial charge is 0.315 e. The molecule has 25 heavy (non-hydrogen) atoms. The molecule has 0 aliphatic heterocycles. The van der Waals surface area contributed by atoms with E-state index in [9.17, 15) is 10.1 Å². The van der Waals surface area contributed by atoms with E-state index in [-0.39, 0.29) is 11.4 Å². The van der Waals surface area contributed by atoms with Crippen molar-refractivity contribution in [1.29, 1.82) is 0 Å². The summed E-state index contributed by atoms with van der Waals surface area (Å²) < 4.78 is 10.3. The Morgan fingerprint density at radius 3 is 2.28 bits per heavy atom. The standard InChI is InChI=1S/C20H17NO4/c1-24-19-13-15(12-18(21(22)23)20(19)25-2)8-7-14-9-10-16-5-3-4-6-17(16)11-14/h3-13H,1-2H3/b8-7-. The second-order valence-electron chi connectivity index (χ2n) is 5.47. The molecule has 0 aliphatic rings. The number of nitrogens with zero attached hydrogens (tertiary/aromatic N) is 1. The van der Waals surface area contributed by atoms with Gasteiger partial charge in [0.15, 0.2) is 5.75 Å². The van der Waals surface area contributed by atoms with Crippen LogP contribution in [0.5, 0.6) is 11.5 Å². The molecular formula is C20H17NO4. The van der Waals surface area contributed by atoms with Gasteiger partial charge in [-0.25, -0.2) is 0 Å². The molecule has 0 bridgehead atoms. The highest BCUT2D eigenvalue weighted by Crippen LogP contribution is 2.38. The van der Waals surface area contributed by atoms with Crippen LogP contribution in [0.3, 0.4) is 0 Å². The lowest BCUT2D eigenvalue weighted by molar-refractivity contribution is -0.385. The summed E-state index contributed by atoms with van der Waals surface area (Å²) in [6.45, 7) is 0. The van der Waals surface area contributed by atoms with Crippen molar-refractivity contribution in [3.8, 4) is 11.5 Å². The molecular weight excluding hydrogens is 318 g/mol. The molecule has 0 N–H and O–H groups in total. The molecule has 5 nitrogen and oxygen atoms in total. The maximum atomic E-state index is 11.3.